The molecule has 0 saturated carbocycles. The van der Waals surface area contributed by atoms with Crippen LogP contribution < -0.4 is 10.2 Å². The molecule has 2 aromatic carbocycles. The zero-order chi connectivity index (χ0) is 14.8. The molecule has 2 aliphatic heterocycles. The van der Waals surface area contributed by atoms with Crippen LogP contribution in [0.15, 0.2) is 42.5 Å². The Morgan fingerprint density at radius 1 is 1.19 bits per heavy atom. The third-order valence-electron chi connectivity index (χ3n) is 4.52. The molecule has 2 aliphatic rings. The third kappa shape index (κ3) is 1.50. The molecule has 2 heterocycles. The number of hydrogen-bond donors (Lipinski definition) is 1. The quantitative estimate of drug-likeness (QED) is 0.802. The van der Waals surface area contributed by atoms with Gasteiger partial charge in [0.15, 0.2) is 0 Å². The number of halogens is 1. The van der Waals surface area contributed by atoms with Crippen molar-refractivity contribution in [1.82, 2.24) is 0 Å². The minimum atomic E-state index is -0.394. The summed E-state index contributed by atoms with van der Waals surface area (Å²) in [5.41, 5.74) is 2.91. The molecule has 1 atom stereocenters. The highest BCUT2D eigenvalue weighted by molar-refractivity contribution is 6.13. The van der Waals surface area contributed by atoms with Crippen LogP contribution in [-0.2, 0) is 5.41 Å². The molecule has 0 fully saturated rings. The van der Waals surface area contributed by atoms with Gasteiger partial charge in [-0.25, -0.2) is 4.39 Å². The average Bonchev–Trinajstić information content (AvgIpc) is 2.69. The summed E-state index contributed by atoms with van der Waals surface area (Å²) in [7, 11) is 0. The van der Waals surface area contributed by atoms with Gasteiger partial charge in [0.1, 0.15) is 12.0 Å². The Balaban J connectivity index is 1.94. The van der Waals surface area contributed by atoms with E-state index >= 15 is 0 Å². The Morgan fingerprint density at radius 2 is 1.95 bits per heavy atom. The van der Waals surface area contributed by atoms with Crippen molar-refractivity contribution in [3.05, 3.63) is 59.4 Å². The van der Waals surface area contributed by atoms with Crippen molar-refractivity contribution in [3.63, 3.8) is 0 Å². The SMILES string of the molecule is CC1(C)c2ccccc2N2C(=O)c3cc(F)ccc3NC21. The first-order valence-corrected chi connectivity index (χ1v) is 6.99. The van der Waals surface area contributed by atoms with E-state index in [2.05, 4.69) is 19.2 Å². The van der Waals surface area contributed by atoms with Gasteiger partial charge in [-0.3, -0.25) is 9.69 Å². The zero-order valence-electron chi connectivity index (χ0n) is 11.9. The summed E-state index contributed by atoms with van der Waals surface area (Å²) >= 11 is 0. The summed E-state index contributed by atoms with van der Waals surface area (Å²) in [5, 5.41) is 3.39. The van der Waals surface area contributed by atoms with Crippen LogP contribution in [0.1, 0.15) is 29.8 Å². The molecule has 21 heavy (non-hydrogen) atoms. The van der Waals surface area contributed by atoms with E-state index in [1.54, 1.807) is 11.0 Å². The van der Waals surface area contributed by atoms with E-state index in [9.17, 15) is 9.18 Å². The first-order chi connectivity index (χ1) is 10.00. The van der Waals surface area contributed by atoms with E-state index in [-0.39, 0.29) is 17.5 Å². The van der Waals surface area contributed by atoms with Gasteiger partial charge in [-0.15, -0.1) is 0 Å². The van der Waals surface area contributed by atoms with Crippen LogP contribution in [0.5, 0.6) is 0 Å². The number of benzene rings is 2. The molecule has 1 amide bonds. The summed E-state index contributed by atoms with van der Waals surface area (Å²) in [6, 6.07) is 12.2. The molecule has 0 spiro atoms. The summed E-state index contributed by atoms with van der Waals surface area (Å²) in [6.07, 6.45) is -0.152. The number of anilines is 2. The predicted octanol–water partition coefficient (Wildman–Crippen LogP) is 3.52. The molecule has 1 N–H and O–H groups in total. The second-order valence-corrected chi connectivity index (χ2v) is 6.15. The summed E-state index contributed by atoms with van der Waals surface area (Å²) < 4.78 is 13.5. The normalized spacial score (nSPS) is 21.4. The van der Waals surface area contributed by atoms with Crippen LogP contribution in [0.3, 0.4) is 0 Å². The van der Waals surface area contributed by atoms with Crippen LogP contribution in [0.2, 0.25) is 0 Å². The number of carbonyl (C=O) groups excluding carboxylic acids is 1. The maximum Gasteiger partial charge on any atom is 0.262 e. The van der Waals surface area contributed by atoms with Gasteiger partial charge in [-0.2, -0.15) is 0 Å². The van der Waals surface area contributed by atoms with Crippen molar-refractivity contribution >= 4 is 17.3 Å². The van der Waals surface area contributed by atoms with Crippen LogP contribution in [0, 0.1) is 5.82 Å². The highest BCUT2D eigenvalue weighted by atomic mass is 19.1. The summed E-state index contributed by atoms with van der Waals surface area (Å²) in [5.74, 6) is -0.541. The highest BCUT2D eigenvalue weighted by Gasteiger charge is 2.49. The molecule has 4 rings (SSSR count). The van der Waals surface area contributed by atoms with Crippen molar-refractivity contribution in [1.29, 1.82) is 0 Å². The van der Waals surface area contributed by atoms with Gasteiger partial charge in [0.25, 0.3) is 5.91 Å². The van der Waals surface area contributed by atoms with Crippen molar-refractivity contribution in [2.24, 2.45) is 0 Å². The molecule has 0 aromatic heterocycles. The first-order valence-electron chi connectivity index (χ1n) is 6.99. The molecule has 0 saturated heterocycles. The molecular weight excluding hydrogens is 267 g/mol. The molecule has 3 nitrogen and oxygen atoms in total. The predicted molar refractivity (Wildman–Crippen MR) is 80.1 cm³/mol. The van der Waals surface area contributed by atoms with Crippen molar-refractivity contribution in [2.75, 3.05) is 10.2 Å². The smallest absolute Gasteiger partial charge is 0.262 e. The van der Waals surface area contributed by atoms with Crippen molar-refractivity contribution in [2.45, 2.75) is 25.4 Å². The van der Waals surface area contributed by atoms with Crippen LogP contribution in [0.4, 0.5) is 15.8 Å². The minimum Gasteiger partial charge on any atom is -0.363 e. The molecule has 0 bridgehead atoms. The lowest BCUT2D eigenvalue weighted by Gasteiger charge is -2.38. The van der Waals surface area contributed by atoms with E-state index in [0.29, 0.717) is 11.3 Å². The fourth-order valence-electron chi connectivity index (χ4n) is 3.41. The number of hydrogen-bond acceptors (Lipinski definition) is 2. The second-order valence-electron chi connectivity index (χ2n) is 6.15. The number of nitrogens with zero attached hydrogens (tertiary/aromatic N) is 1. The lowest BCUT2D eigenvalue weighted by Crippen LogP contribution is -2.53. The Bertz CT molecular complexity index is 769. The van der Waals surface area contributed by atoms with E-state index < -0.39 is 5.82 Å². The zero-order valence-corrected chi connectivity index (χ0v) is 11.9. The van der Waals surface area contributed by atoms with Crippen LogP contribution in [0.25, 0.3) is 0 Å². The lowest BCUT2D eigenvalue weighted by atomic mass is 9.83. The summed E-state index contributed by atoms with van der Waals surface area (Å²) in [4.78, 5) is 14.6. The van der Waals surface area contributed by atoms with Gasteiger partial charge < -0.3 is 5.32 Å². The molecular formula is C17H15FN2O. The number of rotatable bonds is 0. The maximum atomic E-state index is 13.5. The Kier molecular flexibility index (Phi) is 2.27. The van der Waals surface area contributed by atoms with Gasteiger partial charge in [-0.1, -0.05) is 32.0 Å². The van der Waals surface area contributed by atoms with Gasteiger partial charge in [0, 0.05) is 11.1 Å². The number of fused-ring (bicyclic) bond motifs is 4. The van der Waals surface area contributed by atoms with Gasteiger partial charge in [0.2, 0.25) is 0 Å². The van der Waals surface area contributed by atoms with Gasteiger partial charge in [0.05, 0.1) is 11.3 Å². The van der Waals surface area contributed by atoms with E-state index in [0.717, 1.165) is 11.3 Å². The maximum absolute atomic E-state index is 13.5. The largest absolute Gasteiger partial charge is 0.363 e. The monoisotopic (exact) mass is 282 g/mol. The molecule has 1 unspecified atom stereocenters. The molecule has 2 aromatic rings. The Hall–Kier alpha value is -2.36. The number of carbonyl (C=O) groups is 1. The standard InChI is InChI=1S/C17H15FN2O/c1-17(2)12-5-3-4-6-14(12)20-15(21)11-9-10(18)7-8-13(11)19-16(17)20/h3-9,16,19H,1-2H3. The number of nitrogens with one attached hydrogen (secondary N) is 1. The van der Waals surface area contributed by atoms with Crippen molar-refractivity contribution in [3.8, 4) is 0 Å². The van der Waals surface area contributed by atoms with Gasteiger partial charge >= 0.3 is 0 Å². The van der Waals surface area contributed by atoms with E-state index in [4.69, 9.17) is 0 Å². The molecule has 0 radical (unpaired) electrons. The first kappa shape index (κ1) is 12.4. The summed E-state index contributed by atoms with van der Waals surface area (Å²) in [6.45, 7) is 4.23. The second kappa shape index (κ2) is 3.85. The fraction of sp³-hybridized carbons (Fsp3) is 0.235. The fourth-order valence-corrected chi connectivity index (χ4v) is 3.41. The molecule has 0 aliphatic carbocycles. The van der Waals surface area contributed by atoms with E-state index in [1.807, 2.05) is 24.3 Å². The Morgan fingerprint density at radius 3 is 2.76 bits per heavy atom. The Labute approximate surface area is 122 Å². The van der Waals surface area contributed by atoms with E-state index in [1.165, 1.54) is 12.1 Å². The lowest BCUT2D eigenvalue weighted by molar-refractivity contribution is 0.0970. The topological polar surface area (TPSA) is 32.3 Å². The molecule has 4 heteroatoms. The van der Waals surface area contributed by atoms with Crippen LogP contribution in [-0.4, -0.2) is 12.1 Å². The van der Waals surface area contributed by atoms with Gasteiger partial charge in [-0.05, 0) is 29.8 Å². The number of para-hydroxylation sites is 1. The minimum absolute atomic E-state index is 0.147. The average molecular weight is 282 g/mol. The highest BCUT2D eigenvalue weighted by Crippen LogP contribution is 2.48. The number of amides is 1. The molecule has 106 valence electrons. The van der Waals surface area contributed by atoms with Crippen molar-refractivity contribution < 1.29 is 9.18 Å². The van der Waals surface area contributed by atoms with Crippen LogP contribution >= 0.6 is 0 Å². The third-order valence-corrected chi connectivity index (χ3v) is 4.52.